The van der Waals surface area contributed by atoms with E-state index in [9.17, 15) is 8.42 Å². The Balaban J connectivity index is 2.37. The predicted octanol–water partition coefficient (Wildman–Crippen LogP) is 2.01. The van der Waals surface area contributed by atoms with E-state index in [1.165, 1.54) is 18.2 Å². The minimum atomic E-state index is -3.20. The molecular formula is C12H10N2O3S. The number of aromatic nitrogens is 1. The highest BCUT2D eigenvalue weighted by Crippen LogP contribution is 2.22. The van der Waals surface area contributed by atoms with E-state index in [-0.39, 0.29) is 16.3 Å². The van der Waals surface area contributed by atoms with E-state index in [2.05, 4.69) is 5.16 Å². The Bertz CT molecular complexity index is 694. The molecule has 1 heterocycles. The zero-order valence-electron chi connectivity index (χ0n) is 9.62. The van der Waals surface area contributed by atoms with Gasteiger partial charge in [0.05, 0.1) is 10.6 Å². The Morgan fingerprint density at radius 2 is 2.00 bits per heavy atom. The summed E-state index contributed by atoms with van der Waals surface area (Å²) in [6.07, 6.45) is 0. The lowest BCUT2D eigenvalue weighted by molar-refractivity contribution is 0.430. The molecule has 0 atom stereocenters. The summed E-state index contributed by atoms with van der Waals surface area (Å²) in [6, 6.07) is 9.66. The van der Waals surface area contributed by atoms with Gasteiger partial charge < -0.3 is 4.52 Å². The number of rotatable bonds is 3. The van der Waals surface area contributed by atoms with Crippen LogP contribution in [0.25, 0.3) is 11.3 Å². The van der Waals surface area contributed by atoms with Crippen molar-refractivity contribution < 1.29 is 12.9 Å². The van der Waals surface area contributed by atoms with Gasteiger partial charge in [-0.1, -0.05) is 12.1 Å². The molecule has 0 aliphatic rings. The number of hydrogen-bond donors (Lipinski definition) is 0. The normalized spacial score (nSPS) is 11.1. The van der Waals surface area contributed by atoms with Crippen LogP contribution in [-0.2, 0) is 9.84 Å². The molecule has 0 saturated carbocycles. The van der Waals surface area contributed by atoms with Crippen LogP contribution in [0.15, 0.2) is 39.8 Å². The van der Waals surface area contributed by atoms with Gasteiger partial charge in [-0.25, -0.2) is 8.42 Å². The third-order valence-corrected chi connectivity index (χ3v) is 4.25. The monoisotopic (exact) mass is 262 g/mol. The summed E-state index contributed by atoms with van der Waals surface area (Å²) >= 11 is 0. The first kappa shape index (κ1) is 12.3. The van der Waals surface area contributed by atoms with Gasteiger partial charge in [-0.15, -0.1) is 0 Å². The smallest absolute Gasteiger partial charge is 0.184 e. The van der Waals surface area contributed by atoms with E-state index >= 15 is 0 Å². The summed E-state index contributed by atoms with van der Waals surface area (Å²) in [7, 11) is -3.20. The molecule has 0 fully saturated rings. The molecule has 92 valence electrons. The van der Waals surface area contributed by atoms with Gasteiger partial charge in [-0.05, 0) is 24.3 Å². The third-order valence-electron chi connectivity index (χ3n) is 2.50. The SMILES string of the molecule is CCS(=O)(=O)c1ccc(-c2cc(C#N)no2)cc1. The van der Waals surface area contributed by atoms with Crippen LogP contribution in [-0.4, -0.2) is 19.3 Å². The third kappa shape index (κ3) is 2.26. The van der Waals surface area contributed by atoms with Gasteiger partial charge in [-0.2, -0.15) is 5.26 Å². The second-order valence-electron chi connectivity index (χ2n) is 3.62. The number of hydrogen-bond acceptors (Lipinski definition) is 5. The summed E-state index contributed by atoms with van der Waals surface area (Å²) in [4.78, 5) is 0.272. The molecule has 1 aromatic heterocycles. The molecule has 0 N–H and O–H groups in total. The number of sulfone groups is 1. The molecule has 0 amide bonds. The molecule has 6 heteroatoms. The molecular weight excluding hydrogens is 252 g/mol. The van der Waals surface area contributed by atoms with Crippen LogP contribution in [0, 0.1) is 11.3 Å². The minimum absolute atomic E-state index is 0.0627. The van der Waals surface area contributed by atoms with E-state index in [0.717, 1.165) is 0 Å². The highest BCUT2D eigenvalue weighted by atomic mass is 32.2. The van der Waals surface area contributed by atoms with E-state index in [1.807, 2.05) is 6.07 Å². The van der Waals surface area contributed by atoms with Crippen LogP contribution in [0.2, 0.25) is 0 Å². The molecule has 0 unspecified atom stereocenters. The Labute approximate surface area is 105 Å². The zero-order valence-corrected chi connectivity index (χ0v) is 10.4. The predicted molar refractivity (Wildman–Crippen MR) is 64.4 cm³/mol. The van der Waals surface area contributed by atoms with Gasteiger partial charge in [0.2, 0.25) is 0 Å². The van der Waals surface area contributed by atoms with Crippen LogP contribution < -0.4 is 0 Å². The lowest BCUT2D eigenvalue weighted by Gasteiger charge is -2.01. The maximum Gasteiger partial charge on any atom is 0.184 e. The molecule has 2 rings (SSSR count). The maximum absolute atomic E-state index is 11.6. The van der Waals surface area contributed by atoms with Crippen molar-refractivity contribution in [1.29, 1.82) is 5.26 Å². The molecule has 0 aliphatic carbocycles. The van der Waals surface area contributed by atoms with Gasteiger partial charge >= 0.3 is 0 Å². The van der Waals surface area contributed by atoms with Crippen LogP contribution in [0.1, 0.15) is 12.6 Å². The number of nitriles is 1. The number of benzene rings is 1. The van der Waals surface area contributed by atoms with Crippen molar-refractivity contribution in [3.63, 3.8) is 0 Å². The first-order valence-corrected chi connectivity index (χ1v) is 6.92. The first-order valence-electron chi connectivity index (χ1n) is 5.27. The fraction of sp³-hybridized carbons (Fsp3) is 0.167. The summed E-state index contributed by atoms with van der Waals surface area (Å²) in [6.45, 7) is 1.60. The van der Waals surface area contributed by atoms with E-state index < -0.39 is 9.84 Å². The topological polar surface area (TPSA) is 84.0 Å². The Morgan fingerprint density at radius 1 is 1.33 bits per heavy atom. The average molecular weight is 262 g/mol. The van der Waals surface area contributed by atoms with Crippen LogP contribution >= 0.6 is 0 Å². The highest BCUT2D eigenvalue weighted by molar-refractivity contribution is 7.91. The van der Waals surface area contributed by atoms with Crippen molar-refractivity contribution >= 4 is 9.84 Å². The lowest BCUT2D eigenvalue weighted by Crippen LogP contribution is -2.02. The second kappa shape index (κ2) is 4.63. The van der Waals surface area contributed by atoms with E-state index in [1.54, 1.807) is 19.1 Å². The summed E-state index contributed by atoms with van der Waals surface area (Å²) in [5.74, 6) is 0.500. The Hall–Kier alpha value is -2.13. The van der Waals surface area contributed by atoms with Crippen molar-refractivity contribution in [3.8, 4) is 17.4 Å². The molecule has 0 radical (unpaired) electrons. The average Bonchev–Trinajstić information content (AvgIpc) is 2.87. The minimum Gasteiger partial charge on any atom is -0.355 e. The fourth-order valence-electron chi connectivity index (χ4n) is 1.46. The molecule has 0 bridgehead atoms. The zero-order chi connectivity index (χ0) is 13.2. The van der Waals surface area contributed by atoms with Gasteiger partial charge in [0.25, 0.3) is 0 Å². The summed E-state index contributed by atoms with van der Waals surface area (Å²) in [5, 5.41) is 12.2. The van der Waals surface area contributed by atoms with Crippen molar-refractivity contribution in [2.24, 2.45) is 0 Å². The van der Waals surface area contributed by atoms with Gasteiger partial charge in [0.15, 0.2) is 21.3 Å². The molecule has 0 aliphatic heterocycles. The first-order chi connectivity index (χ1) is 8.56. The molecule has 0 spiro atoms. The van der Waals surface area contributed by atoms with Crippen LogP contribution in [0.3, 0.4) is 0 Å². The molecule has 5 nitrogen and oxygen atoms in total. The van der Waals surface area contributed by atoms with Gasteiger partial charge in [0.1, 0.15) is 6.07 Å². The summed E-state index contributed by atoms with van der Waals surface area (Å²) in [5.41, 5.74) is 0.870. The molecule has 1 aromatic carbocycles. The second-order valence-corrected chi connectivity index (χ2v) is 5.89. The maximum atomic E-state index is 11.6. The van der Waals surface area contributed by atoms with E-state index in [0.29, 0.717) is 11.3 Å². The van der Waals surface area contributed by atoms with Crippen LogP contribution in [0.4, 0.5) is 0 Å². The fourth-order valence-corrected chi connectivity index (χ4v) is 2.34. The molecule has 0 saturated heterocycles. The molecule has 18 heavy (non-hydrogen) atoms. The number of nitrogens with zero attached hydrogens (tertiary/aromatic N) is 2. The van der Waals surface area contributed by atoms with Crippen molar-refractivity contribution in [2.45, 2.75) is 11.8 Å². The highest BCUT2D eigenvalue weighted by Gasteiger charge is 2.12. The Morgan fingerprint density at radius 3 is 2.50 bits per heavy atom. The lowest BCUT2D eigenvalue weighted by atomic mass is 10.2. The van der Waals surface area contributed by atoms with E-state index in [4.69, 9.17) is 9.78 Å². The standard InChI is InChI=1S/C12H10N2O3S/c1-2-18(15,16)11-5-3-9(4-6-11)12-7-10(8-13)14-17-12/h3-7H,2H2,1H3. The van der Waals surface area contributed by atoms with Gasteiger partial charge in [-0.3, -0.25) is 0 Å². The quantitative estimate of drug-likeness (QED) is 0.844. The van der Waals surface area contributed by atoms with Crippen molar-refractivity contribution in [2.75, 3.05) is 5.75 Å². The van der Waals surface area contributed by atoms with Crippen molar-refractivity contribution in [3.05, 3.63) is 36.0 Å². The largest absolute Gasteiger partial charge is 0.355 e. The van der Waals surface area contributed by atoms with Crippen LogP contribution in [0.5, 0.6) is 0 Å². The van der Waals surface area contributed by atoms with Gasteiger partial charge in [0, 0.05) is 11.6 Å². The van der Waals surface area contributed by atoms with Crippen molar-refractivity contribution in [1.82, 2.24) is 5.16 Å². The molecule has 2 aromatic rings. The summed E-state index contributed by atoms with van der Waals surface area (Å²) < 4.78 is 28.2. The Kier molecular flexibility index (Phi) is 3.17.